The molecule has 1 aliphatic rings. The van der Waals surface area contributed by atoms with E-state index in [0.717, 1.165) is 22.7 Å². The molecular weight excluding hydrogens is 785 g/mol. The molecule has 0 saturated heterocycles. The lowest BCUT2D eigenvalue weighted by Crippen LogP contribution is -2.24. The lowest BCUT2D eigenvalue weighted by Gasteiger charge is -2.37. The van der Waals surface area contributed by atoms with E-state index in [2.05, 4.69) is 259 Å². The predicted molar refractivity (Wildman–Crippen MR) is 281 cm³/mol. The molecule has 0 atom stereocenters. The summed E-state index contributed by atoms with van der Waals surface area (Å²) in [6, 6.07) is 72.9. The predicted octanol–water partition coefficient (Wildman–Crippen LogP) is 18.1. The number of fused-ring (bicyclic) bond motifs is 6. The standard InChI is InChI=1S/C63H56N2/c1-61(2,3)44-27-32-46(33-28-44)64(58-24-13-18-41-16-9-11-20-50(41)58)48-31-26-43-38-55-52-37-36-49(40-57(52)63(7,8)56-23-15-22-53(60(55)56)54(43)39-48)65(47-34-29-45(30-35-47)62(4,5)6)59-25-14-19-42-17-10-12-21-51(42)59/h9-40H,1-8H3. The highest BCUT2D eigenvalue weighted by molar-refractivity contribution is 6.18. The number of hydrogen-bond acceptors (Lipinski definition) is 2. The monoisotopic (exact) mass is 840 g/mol. The summed E-state index contributed by atoms with van der Waals surface area (Å²) in [7, 11) is 0. The molecule has 0 N–H and O–H groups in total. The van der Waals surface area contributed by atoms with Crippen LogP contribution >= 0.6 is 0 Å². The molecule has 0 amide bonds. The molecule has 1 aliphatic carbocycles. The lowest BCUT2D eigenvalue weighted by molar-refractivity contribution is 0.590. The summed E-state index contributed by atoms with van der Waals surface area (Å²) in [5.41, 5.74) is 14.7. The molecule has 2 nitrogen and oxygen atoms in total. The molecular formula is C63H56N2. The number of nitrogens with zero attached hydrogens (tertiary/aromatic N) is 2. The second-order valence-electron chi connectivity index (χ2n) is 20.7. The third-order valence-corrected chi connectivity index (χ3v) is 14.1. The fraction of sp³-hybridized carbons (Fsp3) is 0.175. The maximum Gasteiger partial charge on any atom is 0.0540 e. The first kappa shape index (κ1) is 40.6. The van der Waals surface area contributed by atoms with E-state index in [1.165, 1.54) is 87.8 Å². The average molecular weight is 841 g/mol. The molecule has 0 spiro atoms. The maximum absolute atomic E-state index is 2.47. The average Bonchev–Trinajstić information content (AvgIpc) is 3.31. The minimum Gasteiger partial charge on any atom is -0.310 e. The molecule has 0 aromatic heterocycles. The quantitative estimate of drug-likeness (QED) is 0.154. The highest BCUT2D eigenvalue weighted by atomic mass is 15.1. The highest BCUT2D eigenvalue weighted by Gasteiger charge is 2.35. The van der Waals surface area contributed by atoms with Crippen LogP contribution in [-0.2, 0) is 16.2 Å². The van der Waals surface area contributed by atoms with Crippen LogP contribution in [0, 0.1) is 0 Å². The summed E-state index contributed by atoms with van der Waals surface area (Å²) in [5, 5.41) is 10.0. The fourth-order valence-electron chi connectivity index (χ4n) is 10.5. The van der Waals surface area contributed by atoms with E-state index in [1.54, 1.807) is 0 Å². The molecule has 318 valence electrons. The number of hydrogen-bond donors (Lipinski definition) is 0. The topological polar surface area (TPSA) is 6.48 Å². The van der Waals surface area contributed by atoms with Gasteiger partial charge < -0.3 is 9.80 Å². The second-order valence-corrected chi connectivity index (χ2v) is 20.7. The van der Waals surface area contributed by atoms with Gasteiger partial charge in [0.25, 0.3) is 0 Å². The first-order chi connectivity index (χ1) is 31.3. The van der Waals surface area contributed by atoms with E-state index in [1.807, 2.05) is 0 Å². The highest BCUT2D eigenvalue weighted by Crippen LogP contribution is 2.53. The van der Waals surface area contributed by atoms with Crippen molar-refractivity contribution in [1.29, 1.82) is 0 Å². The van der Waals surface area contributed by atoms with Gasteiger partial charge in [0.1, 0.15) is 0 Å². The molecule has 0 unspecified atom stereocenters. The van der Waals surface area contributed by atoms with Gasteiger partial charge in [0.2, 0.25) is 0 Å². The SMILES string of the molecule is CC(C)(C)c1ccc(N(c2ccc3c(c2)C(C)(C)c2cccc4c2c-3cc2ccc(N(c3ccc(C(C)(C)C)cc3)c3cccc5ccccc35)cc24)c2cccc3ccccc23)cc1. The molecule has 0 aliphatic heterocycles. The molecule has 0 fully saturated rings. The van der Waals surface area contributed by atoms with Crippen molar-refractivity contribution in [2.45, 2.75) is 71.6 Å². The normalized spacial score (nSPS) is 13.4. The van der Waals surface area contributed by atoms with Crippen molar-refractivity contribution in [1.82, 2.24) is 0 Å². The Labute approximate surface area is 384 Å². The van der Waals surface area contributed by atoms with Crippen molar-refractivity contribution >= 4 is 77.2 Å². The Balaban J connectivity index is 1.09. The Morgan fingerprint density at radius 3 is 1.35 bits per heavy atom. The van der Waals surface area contributed by atoms with E-state index in [4.69, 9.17) is 0 Å². The van der Waals surface area contributed by atoms with E-state index >= 15 is 0 Å². The number of rotatable bonds is 6. The Morgan fingerprint density at radius 1 is 0.338 bits per heavy atom. The van der Waals surface area contributed by atoms with Crippen LogP contribution in [0.25, 0.3) is 54.2 Å². The molecule has 11 rings (SSSR count). The van der Waals surface area contributed by atoms with Crippen molar-refractivity contribution < 1.29 is 0 Å². The van der Waals surface area contributed by atoms with E-state index < -0.39 is 0 Å². The Morgan fingerprint density at radius 2 is 0.800 bits per heavy atom. The van der Waals surface area contributed by atoms with Gasteiger partial charge in [0, 0.05) is 38.9 Å². The van der Waals surface area contributed by atoms with Crippen LogP contribution in [0.5, 0.6) is 0 Å². The van der Waals surface area contributed by atoms with Gasteiger partial charge in [-0.05, 0) is 143 Å². The van der Waals surface area contributed by atoms with E-state index in [9.17, 15) is 0 Å². The zero-order valence-corrected chi connectivity index (χ0v) is 38.9. The lowest BCUT2D eigenvalue weighted by atomic mass is 9.68. The van der Waals surface area contributed by atoms with Crippen LogP contribution in [-0.4, -0.2) is 0 Å². The van der Waals surface area contributed by atoms with Gasteiger partial charge in [-0.15, -0.1) is 0 Å². The third-order valence-electron chi connectivity index (χ3n) is 14.1. The molecule has 10 aromatic carbocycles. The summed E-state index contributed by atoms with van der Waals surface area (Å²) in [6.07, 6.45) is 0. The Bertz CT molecular complexity index is 3460. The molecule has 0 radical (unpaired) electrons. The van der Waals surface area contributed by atoms with Crippen LogP contribution in [0.3, 0.4) is 0 Å². The van der Waals surface area contributed by atoms with Crippen LogP contribution in [0.1, 0.15) is 77.6 Å². The minimum absolute atomic E-state index is 0.0628. The van der Waals surface area contributed by atoms with Gasteiger partial charge in [-0.1, -0.05) is 183 Å². The van der Waals surface area contributed by atoms with Crippen molar-refractivity contribution in [3.63, 3.8) is 0 Å². The Hall–Kier alpha value is -7.16. The van der Waals surface area contributed by atoms with Crippen molar-refractivity contribution in [2.75, 3.05) is 9.80 Å². The first-order valence-corrected chi connectivity index (χ1v) is 23.2. The van der Waals surface area contributed by atoms with Crippen LogP contribution in [0.15, 0.2) is 194 Å². The van der Waals surface area contributed by atoms with Crippen molar-refractivity contribution in [3.8, 4) is 11.1 Å². The van der Waals surface area contributed by atoms with Gasteiger partial charge in [-0.25, -0.2) is 0 Å². The van der Waals surface area contributed by atoms with Crippen LogP contribution in [0.2, 0.25) is 0 Å². The van der Waals surface area contributed by atoms with Gasteiger partial charge >= 0.3 is 0 Å². The molecule has 0 saturated carbocycles. The summed E-state index contributed by atoms with van der Waals surface area (Å²) < 4.78 is 0. The zero-order chi connectivity index (χ0) is 44.8. The van der Waals surface area contributed by atoms with Gasteiger partial charge in [-0.2, -0.15) is 0 Å². The summed E-state index contributed by atoms with van der Waals surface area (Å²) in [5.74, 6) is 0. The molecule has 0 heterocycles. The largest absolute Gasteiger partial charge is 0.310 e. The van der Waals surface area contributed by atoms with Gasteiger partial charge in [0.15, 0.2) is 0 Å². The smallest absolute Gasteiger partial charge is 0.0540 e. The molecule has 65 heavy (non-hydrogen) atoms. The van der Waals surface area contributed by atoms with Crippen molar-refractivity contribution in [3.05, 3.63) is 216 Å². The molecule has 0 bridgehead atoms. The van der Waals surface area contributed by atoms with E-state index in [0.29, 0.717) is 0 Å². The molecule has 2 heteroatoms. The maximum atomic E-state index is 2.47. The number of anilines is 6. The first-order valence-electron chi connectivity index (χ1n) is 23.2. The summed E-state index contributed by atoms with van der Waals surface area (Å²) in [4.78, 5) is 4.91. The van der Waals surface area contributed by atoms with E-state index in [-0.39, 0.29) is 16.2 Å². The van der Waals surface area contributed by atoms with Crippen LogP contribution in [0.4, 0.5) is 34.1 Å². The fourth-order valence-corrected chi connectivity index (χ4v) is 10.5. The number of benzene rings is 10. The van der Waals surface area contributed by atoms with Gasteiger partial charge in [-0.3, -0.25) is 0 Å². The Kier molecular flexibility index (Phi) is 9.35. The summed E-state index contributed by atoms with van der Waals surface area (Å²) in [6.45, 7) is 18.5. The zero-order valence-electron chi connectivity index (χ0n) is 38.9. The second kappa shape index (κ2) is 15.0. The van der Waals surface area contributed by atoms with Crippen LogP contribution < -0.4 is 9.80 Å². The summed E-state index contributed by atoms with van der Waals surface area (Å²) >= 11 is 0. The van der Waals surface area contributed by atoms with Gasteiger partial charge in [0.05, 0.1) is 11.4 Å². The molecule has 10 aromatic rings. The minimum atomic E-state index is -0.270. The third kappa shape index (κ3) is 6.78. The van der Waals surface area contributed by atoms with Crippen molar-refractivity contribution in [2.24, 2.45) is 0 Å².